The van der Waals surface area contributed by atoms with Crippen molar-refractivity contribution in [1.82, 2.24) is 5.32 Å². The molecule has 0 aromatic heterocycles. The van der Waals surface area contributed by atoms with Gasteiger partial charge in [0, 0.05) is 6.42 Å². The maximum absolute atomic E-state index is 12.9. The second-order valence-electron chi connectivity index (χ2n) is 14.5. The van der Waals surface area contributed by atoms with Gasteiger partial charge in [-0.3, -0.25) is 4.79 Å². The lowest BCUT2D eigenvalue weighted by Crippen LogP contribution is -2.59. The Kier molecular flexibility index (Phi) is 30.2. The molecule has 1 aliphatic rings. The maximum atomic E-state index is 12.9. The van der Waals surface area contributed by atoms with E-state index in [1.807, 2.05) is 0 Å². The van der Waals surface area contributed by atoms with E-state index in [-0.39, 0.29) is 12.5 Å². The number of allylic oxidation sites excluding steroid dienone is 4. The maximum Gasteiger partial charge on any atom is 0.220 e. The second-order valence-corrected chi connectivity index (χ2v) is 14.5. The molecule has 0 bridgehead atoms. The molecule has 9 nitrogen and oxygen atoms in total. The number of rotatable bonds is 33. The quantitative estimate of drug-likeness (QED) is 0.0297. The van der Waals surface area contributed by atoms with Gasteiger partial charge < -0.3 is 40.3 Å². The van der Waals surface area contributed by atoms with Crippen molar-refractivity contribution in [3.05, 3.63) is 24.3 Å². The monoisotopic (exact) mass is 712 g/mol. The van der Waals surface area contributed by atoms with E-state index in [0.29, 0.717) is 12.8 Å². The summed E-state index contributed by atoms with van der Waals surface area (Å²) in [5, 5.41) is 53.8. The smallest absolute Gasteiger partial charge is 0.220 e. The van der Waals surface area contributed by atoms with Crippen molar-refractivity contribution in [3.63, 3.8) is 0 Å². The molecule has 5 unspecified atom stereocenters. The van der Waals surface area contributed by atoms with E-state index < -0.39 is 43.0 Å². The van der Waals surface area contributed by atoms with Gasteiger partial charge in [0.1, 0.15) is 18.3 Å². The Morgan fingerprint density at radius 2 is 1.10 bits per heavy atom. The van der Waals surface area contributed by atoms with Crippen LogP contribution < -0.4 is 5.32 Å². The van der Waals surface area contributed by atoms with Gasteiger partial charge in [-0.1, -0.05) is 160 Å². The summed E-state index contributed by atoms with van der Waals surface area (Å²) in [5.74, 6) is -0.173. The average Bonchev–Trinajstić information content (AvgIpc) is 3.11. The summed E-state index contributed by atoms with van der Waals surface area (Å²) in [7, 11) is 0. The first-order chi connectivity index (χ1) is 24.3. The van der Waals surface area contributed by atoms with E-state index in [9.17, 15) is 30.3 Å². The molecule has 1 aliphatic heterocycles. The van der Waals surface area contributed by atoms with Crippen LogP contribution in [0.5, 0.6) is 0 Å². The minimum absolute atomic E-state index is 0.173. The van der Waals surface area contributed by atoms with Gasteiger partial charge in [0.25, 0.3) is 0 Å². The fourth-order valence-corrected chi connectivity index (χ4v) is 6.38. The van der Waals surface area contributed by atoms with Crippen LogP contribution in [-0.2, 0) is 14.3 Å². The van der Waals surface area contributed by atoms with Crippen LogP contribution in [0.2, 0.25) is 0 Å². The van der Waals surface area contributed by atoms with Crippen molar-refractivity contribution in [1.29, 1.82) is 0 Å². The molecular weight excluding hydrogens is 634 g/mol. The normalized spacial score (nSPS) is 22.4. The number of carbonyl (C=O) groups is 1. The number of carbonyl (C=O) groups excluding carboxylic acids is 1. The van der Waals surface area contributed by atoms with Crippen LogP contribution in [0, 0.1) is 0 Å². The molecule has 1 fully saturated rings. The van der Waals surface area contributed by atoms with E-state index in [4.69, 9.17) is 9.47 Å². The summed E-state index contributed by atoms with van der Waals surface area (Å²) in [6.07, 6.45) is 29.2. The van der Waals surface area contributed by atoms with E-state index in [1.54, 1.807) is 0 Å². The molecule has 1 rings (SSSR count). The van der Waals surface area contributed by atoms with Gasteiger partial charge in [-0.05, 0) is 38.5 Å². The fraction of sp³-hybridized carbons (Fsp3) is 0.878. The zero-order valence-corrected chi connectivity index (χ0v) is 31.9. The van der Waals surface area contributed by atoms with E-state index in [0.717, 1.165) is 64.2 Å². The molecule has 0 aliphatic carbocycles. The lowest BCUT2D eigenvalue weighted by Gasteiger charge is -2.38. The Labute approximate surface area is 305 Å². The molecule has 0 saturated carbocycles. The van der Waals surface area contributed by atoms with E-state index >= 15 is 0 Å². The average molecular weight is 712 g/mol. The van der Waals surface area contributed by atoms with E-state index in [2.05, 4.69) is 43.5 Å². The second kappa shape index (κ2) is 32.3. The first kappa shape index (κ1) is 46.7. The van der Waals surface area contributed by atoms with Crippen LogP contribution in [0.4, 0.5) is 0 Å². The lowest BCUT2D eigenvalue weighted by molar-refractivity contribution is -0.341. The third kappa shape index (κ3) is 24.0. The Hall–Kier alpha value is -1.33. The molecule has 1 heterocycles. The largest absolute Gasteiger partial charge is 0.391 e. The predicted molar refractivity (Wildman–Crippen MR) is 202 cm³/mol. The zero-order chi connectivity index (χ0) is 36.7. The summed E-state index contributed by atoms with van der Waals surface area (Å²) in [4.78, 5) is 12.9. The summed E-state index contributed by atoms with van der Waals surface area (Å²) >= 11 is 0. The first-order valence-electron chi connectivity index (χ1n) is 20.6. The molecule has 7 atom stereocenters. The van der Waals surface area contributed by atoms with Crippen LogP contribution in [-0.4, -0.2) is 81.1 Å². The molecule has 0 aromatic rings. The number of amides is 1. The molecule has 50 heavy (non-hydrogen) atoms. The van der Waals surface area contributed by atoms with Gasteiger partial charge in [-0.2, -0.15) is 0 Å². The van der Waals surface area contributed by atoms with Crippen LogP contribution >= 0.6 is 0 Å². The molecule has 6 N–H and O–H groups in total. The van der Waals surface area contributed by atoms with Crippen LogP contribution in [0.1, 0.15) is 181 Å². The number of aliphatic hydroxyl groups excluding tert-OH is 5. The van der Waals surface area contributed by atoms with Crippen LogP contribution in [0.3, 0.4) is 0 Å². The number of unbranched alkanes of at least 4 members (excludes halogenated alkanes) is 21. The third-order valence-corrected chi connectivity index (χ3v) is 9.78. The molecule has 9 heteroatoms. The predicted octanol–water partition coefficient (Wildman–Crippen LogP) is 7.90. The number of nitrogens with one attached hydrogen (secondary N) is 1. The van der Waals surface area contributed by atoms with Crippen molar-refractivity contribution in [2.75, 3.05) is 6.61 Å². The Morgan fingerprint density at radius 3 is 1.64 bits per heavy atom. The van der Waals surface area contributed by atoms with Crippen molar-refractivity contribution in [2.24, 2.45) is 0 Å². The standard InChI is InChI=1S/C41H77NO8/c1-3-5-7-9-11-13-15-17-18-20-22-24-26-28-30-32-36(44)42-34(33-49-41-39(47)37(45)38(46)40(48)50-41)35(43)31-29-27-25-23-21-19-16-14-12-10-8-6-4-2/h13,15,17-18,34-35,37-41,43,45-48H,3-12,14,16,19-33H2,1-2H3,(H,42,44)/b15-13+,18-17-/t34-,35+,37?,38?,39?,40?,41?/m0/s1. The van der Waals surface area contributed by atoms with Gasteiger partial charge in [0.2, 0.25) is 5.91 Å². The highest BCUT2D eigenvalue weighted by Gasteiger charge is 2.44. The molecule has 1 amide bonds. The van der Waals surface area contributed by atoms with Gasteiger partial charge in [-0.15, -0.1) is 0 Å². The lowest BCUT2D eigenvalue weighted by atomic mass is 10.0. The molecule has 0 radical (unpaired) electrons. The molecular formula is C41H77NO8. The van der Waals surface area contributed by atoms with Gasteiger partial charge in [0.05, 0.1) is 18.8 Å². The minimum Gasteiger partial charge on any atom is -0.391 e. The highest BCUT2D eigenvalue weighted by atomic mass is 16.7. The SMILES string of the molecule is CCCCCC/C=C/C=C\CCCCCCCC(=O)N[C@@H](COC1OC(O)C(O)C(O)C1O)[C@H](O)CCCCCCCCCCCCCCC. The van der Waals surface area contributed by atoms with Crippen molar-refractivity contribution in [2.45, 2.75) is 224 Å². The molecule has 0 aromatic carbocycles. The van der Waals surface area contributed by atoms with Crippen molar-refractivity contribution in [3.8, 4) is 0 Å². The molecule has 1 saturated heterocycles. The highest BCUT2D eigenvalue weighted by molar-refractivity contribution is 5.76. The fourth-order valence-electron chi connectivity index (χ4n) is 6.38. The first-order valence-corrected chi connectivity index (χ1v) is 20.6. The summed E-state index contributed by atoms with van der Waals surface area (Å²) in [5.41, 5.74) is 0. The van der Waals surface area contributed by atoms with Crippen molar-refractivity contribution < 1.29 is 39.8 Å². The molecule has 294 valence electrons. The zero-order valence-electron chi connectivity index (χ0n) is 31.9. The summed E-state index contributed by atoms with van der Waals surface area (Å²) in [6, 6.07) is -0.742. The Morgan fingerprint density at radius 1 is 0.640 bits per heavy atom. The van der Waals surface area contributed by atoms with E-state index in [1.165, 1.54) is 89.9 Å². The molecule has 0 spiro atoms. The van der Waals surface area contributed by atoms with Gasteiger partial charge in [-0.25, -0.2) is 0 Å². The Bertz CT molecular complexity index is 839. The number of ether oxygens (including phenoxy) is 2. The van der Waals surface area contributed by atoms with Gasteiger partial charge >= 0.3 is 0 Å². The van der Waals surface area contributed by atoms with Crippen LogP contribution in [0.25, 0.3) is 0 Å². The number of hydrogen-bond acceptors (Lipinski definition) is 8. The van der Waals surface area contributed by atoms with Crippen LogP contribution in [0.15, 0.2) is 24.3 Å². The Balaban J connectivity index is 2.36. The highest BCUT2D eigenvalue weighted by Crippen LogP contribution is 2.22. The minimum atomic E-state index is -1.72. The van der Waals surface area contributed by atoms with Crippen molar-refractivity contribution >= 4 is 5.91 Å². The summed E-state index contributed by atoms with van der Waals surface area (Å²) in [6.45, 7) is 4.30. The number of aliphatic hydroxyl groups is 5. The number of hydrogen-bond donors (Lipinski definition) is 6. The summed E-state index contributed by atoms with van der Waals surface area (Å²) < 4.78 is 10.8. The third-order valence-electron chi connectivity index (χ3n) is 9.78. The van der Waals surface area contributed by atoms with Gasteiger partial charge in [0.15, 0.2) is 12.6 Å². The topological polar surface area (TPSA) is 149 Å².